The zero-order valence-corrected chi connectivity index (χ0v) is 9.62. The molecule has 16 heavy (non-hydrogen) atoms. The molecule has 3 heteroatoms. The first kappa shape index (κ1) is 11.0. The number of unbranched alkanes of at least 4 members (excludes halogenated alkanes) is 1. The lowest BCUT2D eigenvalue weighted by atomic mass is 10.2. The van der Waals surface area contributed by atoms with Crippen molar-refractivity contribution in [3.63, 3.8) is 0 Å². The highest BCUT2D eigenvalue weighted by atomic mass is 16.5. The predicted molar refractivity (Wildman–Crippen MR) is 66.8 cm³/mol. The van der Waals surface area contributed by atoms with Gasteiger partial charge in [0.05, 0.1) is 7.11 Å². The minimum atomic E-state index is 0.772. The standard InChI is InChI=1S/C13H18N2O/c1-16-12-6-5-10-8-11(4-2-3-7-14)15-13(10)9-12/h5-6,8-9,15H,2-4,7,14H2,1H3. The van der Waals surface area contributed by atoms with Crippen molar-refractivity contribution in [2.45, 2.75) is 19.3 Å². The molecule has 0 spiro atoms. The van der Waals surface area contributed by atoms with Gasteiger partial charge in [0, 0.05) is 17.3 Å². The molecule has 1 heterocycles. The summed E-state index contributed by atoms with van der Waals surface area (Å²) in [6, 6.07) is 8.30. The molecule has 0 saturated heterocycles. The van der Waals surface area contributed by atoms with Crippen LogP contribution in [-0.2, 0) is 6.42 Å². The second kappa shape index (κ2) is 5.03. The van der Waals surface area contributed by atoms with Crippen LogP contribution in [0.5, 0.6) is 5.75 Å². The Morgan fingerprint density at radius 1 is 1.25 bits per heavy atom. The van der Waals surface area contributed by atoms with E-state index in [9.17, 15) is 0 Å². The Hall–Kier alpha value is -1.48. The molecule has 0 saturated carbocycles. The van der Waals surface area contributed by atoms with Gasteiger partial charge in [0.1, 0.15) is 5.75 Å². The summed E-state index contributed by atoms with van der Waals surface area (Å²) in [7, 11) is 1.69. The number of nitrogens with two attached hydrogens (primary N) is 1. The number of H-pyrrole nitrogens is 1. The summed E-state index contributed by atoms with van der Waals surface area (Å²) in [5.74, 6) is 0.892. The number of hydrogen-bond donors (Lipinski definition) is 2. The quantitative estimate of drug-likeness (QED) is 0.757. The highest BCUT2D eigenvalue weighted by molar-refractivity contribution is 5.81. The summed E-state index contributed by atoms with van der Waals surface area (Å²) in [5.41, 5.74) is 7.89. The van der Waals surface area contributed by atoms with E-state index in [2.05, 4.69) is 17.1 Å². The van der Waals surface area contributed by atoms with Crippen molar-refractivity contribution in [2.24, 2.45) is 5.73 Å². The highest BCUT2D eigenvalue weighted by Gasteiger charge is 2.01. The molecule has 1 aromatic carbocycles. The van der Waals surface area contributed by atoms with Crippen LogP contribution in [-0.4, -0.2) is 18.6 Å². The van der Waals surface area contributed by atoms with Gasteiger partial charge in [0.15, 0.2) is 0 Å². The van der Waals surface area contributed by atoms with Gasteiger partial charge in [-0.2, -0.15) is 0 Å². The van der Waals surface area contributed by atoms with Gasteiger partial charge in [-0.1, -0.05) is 0 Å². The number of nitrogens with one attached hydrogen (secondary N) is 1. The van der Waals surface area contributed by atoms with Gasteiger partial charge in [0.2, 0.25) is 0 Å². The van der Waals surface area contributed by atoms with Crippen LogP contribution in [0.15, 0.2) is 24.3 Å². The van der Waals surface area contributed by atoms with Crippen LogP contribution in [0.2, 0.25) is 0 Å². The average Bonchev–Trinajstić information content (AvgIpc) is 2.70. The summed E-state index contributed by atoms with van der Waals surface area (Å²) in [6.07, 6.45) is 3.29. The molecule has 2 rings (SSSR count). The van der Waals surface area contributed by atoms with Crippen molar-refractivity contribution in [1.29, 1.82) is 0 Å². The highest BCUT2D eigenvalue weighted by Crippen LogP contribution is 2.21. The molecular formula is C13H18N2O. The number of fused-ring (bicyclic) bond motifs is 1. The monoisotopic (exact) mass is 218 g/mol. The fourth-order valence-corrected chi connectivity index (χ4v) is 1.89. The van der Waals surface area contributed by atoms with E-state index in [1.165, 1.54) is 11.1 Å². The molecule has 0 aliphatic carbocycles. The SMILES string of the molecule is COc1ccc2cc(CCCCN)[nH]c2c1. The van der Waals surface area contributed by atoms with E-state index in [1.54, 1.807) is 7.11 Å². The number of aromatic nitrogens is 1. The third-order valence-electron chi connectivity index (χ3n) is 2.79. The van der Waals surface area contributed by atoms with E-state index < -0.39 is 0 Å². The van der Waals surface area contributed by atoms with Gasteiger partial charge in [-0.15, -0.1) is 0 Å². The largest absolute Gasteiger partial charge is 0.497 e. The lowest BCUT2D eigenvalue weighted by Crippen LogP contribution is -1.98. The maximum Gasteiger partial charge on any atom is 0.120 e. The summed E-state index contributed by atoms with van der Waals surface area (Å²) in [5, 5.41) is 1.24. The van der Waals surface area contributed by atoms with Crippen molar-refractivity contribution >= 4 is 10.9 Å². The third-order valence-corrected chi connectivity index (χ3v) is 2.79. The van der Waals surface area contributed by atoms with Crippen molar-refractivity contribution in [3.05, 3.63) is 30.0 Å². The number of aryl methyl sites for hydroxylation is 1. The van der Waals surface area contributed by atoms with Crippen molar-refractivity contribution in [1.82, 2.24) is 4.98 Å². The van der Waals surface area contributed by atoms with Crippen molar-refractivity contribution in [3.8, 4) is 5.75 Å². The van der Waals surface area contributed by atoms with Crippen LogP contribution in [0.4, 0.5) is 0 Å². The normalized spacial score (nSPS) is 10.9. The van der Waals surface area contributed by atoms with Gasteiger partial charge in [-0.05, 0) is 49.4 Å². The van der Waals surface area contributed by atoms with Gasteiger partial charge < -0.3 is 15.5 Å². The lowest BCUT2D eigenvalue weighted by molar-refractivity contribution is 0.415. The van der Waals surface area contributed by atoms with Crippen LogP contribution >= 0.6 is 0 Å². The smallest absolute Gasteiger partial charge is 0.120 e. The van der Waals surface area contributed by atoms with Crippen LogP contribution in [0.1, 0.15) is 18.5 Å². The molecule has 0 atom stereocenters. The molecule has 0 bridgehead atoms. The molecule has 0 aliphatic heterocycles. The summed E-state index contributed by atoms with van der Waals surface area (Å²) < 4.78 is 5.19. The lowest BCUT2D eigenvalue weighted by Gasteiger charge is -1.97. The van der Waals surface area contributed by atoms with E-state index >= 15 is 0 Å². The Morgan fingerprint density at radius 3 is 2.88 bits per heavy atom. The number of hydrogen-bond acceptors (Lipinski definition) is 2. The van der Waals surface area contributed by atoms with Crippen LogP contribution < -0.4 is 10.5 Å². The van der Waals surface area contributed by atoms with Gasteiger partial charge >= 0.3 is 0 Å². The van der Waals surface area contributed by atoms with Gasteiger partial charge in [-0.3, -0.25) is 0 Å². The first-order valence-corrected chi connectivity index (χ1v) is 5.69. The maximum atomic E-state index is 5.48. The van der Waals surface area contributed by atoms with Gasteiger partial charge in [-0.25, -0.2) is 0 Å². The van der Waals surface area contributed by atoms with E-state index in [0.717, 1.165) is 37.1 Å². The minimum Gasteiger partial charge on any atom is -0.497 e. The third kappa shape index (κ3) is 2.36. The average molecular weight is 218 g/mol. The van der Waals surface area contributed by atoms with Crippen LogP contribution in [0.25, 0.3) is 10.9 Å². The zero-order chi connectivity index (χ0) is 11.4. The summed E-state index contributed by atoms with van der Waals surface area (Å²) >= 11 is 0. The molecule has 3 nitrogen and oxygen atoms in total. The number of rotatable bonds is 5. The van der Waals surface area contributed by atoms with Gasteiger partial charge in [0.25, 0.3) is 0 Å². The first-order chi connectivity index (χ1) is 7.83. The van der Waals surface area contributed by atoms with Crippen LogP contribution in [0, 0.1) is 0 Å². The number of benzene rings is 1. The molecular weight excluding hydrogens is 200 g/mol. The molecule has 0 unspecified atom stereocenters. The number of methoxy groups -OCH3 is 1. The molecule has 0 fully saturated rings. The second-order valence-corrected chi connectivity index (χ2v) is 3.99. The molecule has 0 radical (unpaired) electrons. The summed E-state index contributed by atoms with van der Waals surface area (Å²) in [6.45, 7) is 0.772. The molecule has 0 aliphatic rings. The summed E-state index contributed by atoms with van der Waals surface area (Å²) in [4.78, 5) is 3.41. The van der Waals surface area contributed by atoms with Crippen LogP contribution in [0.3, 0.4) is 0 Å². The fraction of sp³-hybridized carbons (Fsp3) is 0.385. The van der Waals surface area contributed by atoms with E-state index in [4.69, 9.17) is 10.5 Å². The topological polar surface area (TPSA) is 51.0 Å². The number of aromatic amines is 1. The fourth-order valence-electron chi connectivity index (χ4n) is 1.89. The molecule has 86 valence electrons. The predicted octanol–water partition coefficient (Wildman–Crippen LogP) is 2.46. The minimum absolute atomic E-state index is 0.772. The van der Waals surface area contributed by atoms with Crippen molar-refractivity contribution < 1.29 is 4.74 Å². The Bertz CT molecular complexity index is 462. The van der Waals surface area contributed by atoms with E-state index in [1.807, 2.05) is 12.1 Å². The molecule has 1 aromatic heterocycles. The Morgan fingerprint density at radius 2 is 2.12 bits per heavy atom. The first-order valence-electron chi connectivity index (χ1n) is 5.69. The molecule has 3 N–H and O–H groups in total. The Kier molecular flexibility index (Phi) is 3.47. The zero-order valence-electron chi connectivity index (χ0n) is 9.62. The Balaban J connectivity index is 2.16. The maximum absolute atomic E-state index is 5.48. The van der Waals surface area contributed by atoms with Crippen molar-refractivity contribution in [2.75, 3.05) is 13.7 Å². The van der Waals surface area contributed by atoms with E-state index in [-0.39, 0.29) is 0 Å². The van der Waals surface area contributed by atoms with E-state index in [0.29, 0.717) is 0 Å². The molecule has 0 amide bonds. The number of ether oxygens (including phenoxy) is 1. The second-order valence-electron chi connectivity index (χ2n) is 3.99. The Labute approximate surface area is 95.6 Å². The molecule has 2 aromatic rings.